The van der Waals surface area contributed by atoms with E-state index in [1.165, 1.54) is 11.8 Å². The molecule has 2 heterocycles. The number of nitrogens with zero attached hydrogens (tertiary/aromatic N) is 3. The molecule has 0 radical (unpaired) electrons. The largest absolute Gasteiger partial charge is 0.497 e. The fourth-order valence-corrected chi connectivity index (χ4v) is 5.82. The van der Waals surface area contributed by atoms with Gasteiger partial charge in [0, 0.05) is 30.3 Å². The number of aryl methyl sites for hydroxylation is 2. The van der Waals surface area contributed by atoms with E-state index in [4.69, 9.17) is 15.0 Å². The lowest BCUT2D eigenvalue weighted by molar-refractivity contribution is 0.415. The van der Waals surface area contributed by atoms with E-state index in [1.807, 2.05) is 12.1 Å². The Morgan fingerprint density at radius 3 is 2.43 bits per heavy atom. The standard InChI is InChI=1S/C16H21N5O5S2/c1-10-15(14(28(18,24)25)9-27(17,22)23)16(20(2)19-10)21-7-6-11-4-5-12(26-3)8-13(11)21/h4-8,14H,9H2,1-3H3,(H2,17,22,23)(H2,18,24,25). The van der Waals surface area contributed by atoms with E-state index in [2.05, 4.69) is 5.10 Å². The lowest BCUT2D eigenvalue weighted by atomic mass is 10.1. The molecule has 2 aromatic heterocycles. The first-order valence-corrected chi connectivity index (χ1v) is 11.5. The van der Waals surface area contributed by atoms with Crippen LogP contribution in [0.15, 0.2) is 30.5 Å². The van der Waals surface area contributed by atoms with E-state index in [-0.39, 0.29) is 5.56 Å². The number of primary sulfonamides is 2. The molecule has 1 aromatic carbocycles. The predicted molar refractivity (Wildman–Crippen MR) is 105 cm³/mol. The third kappa shape index (κ3) is 3.76. The van der Waals surface area contributed by atoms with Gasteiger partial charge in [0.2, 0.25) is 20.0 Å². The molecule has 4 N–H and O–H groups in total. The third-order valence-electron chi connectivity index (χ3n) is 4.47. The third-order valence-corrected chi connectivity index (χ3v) is 6.67. The summed E-state index contributed by atoms with van der Waals surface area (Å²) in [4.78, 5) is 0. The number of rotatable bonds is 6. The first kappa shape index (κ1) is 20.3. The van der Waals surface area contributed by atoms with Crippen molar-refractivity contribution in [3.63, 3.8) is 0 Å². The summed E-state index contributed by atoms with van der Waals surface area (Å²) in [5.74, 6) is 0.136. The van der Waals surface area contributed by atoms with Gasteiger partial charge in [0.15, 0.2) is 0 Å². The highest BCUT2D eigenvalue weighted by molar-refractivity contribution is 7.93. The van der Waals surface area contributed by atoms with E-state index in [1.54, 1.807) is 36.9 Å². The Labute approximate surface area is 162 Å². The van der Waals surface area contributed by atoms with Crippen molar-refractivity contribution in [3.8, 4) is 11.6 Å². The highest BCUT2D eigenvalue weighted by Crippen LogP contribution is 2.33. The summed E-state index contributed by atoms with van der Waals surface area (Å²) in [5, 5.41) is 14.1. The fraction of sp³-hybridized carbons (Fsp3) is 0.312. The average molecular weight is 428 g/mol. The number of aromatic nitrogens is 3. The number of fused-ring (bicyclic) bond motifs is 1. The molecule has 0 saturated carbocycles. The van der Waals surface area contributed by atoms with Crippen molar-refractivity contribution >= 4 is 30.9 Å². The van der Waals surface area contributed by atoms with Crippen LogP contribution in [0.1, 0.15) is 16.5 Å². The highest BCUT2D eigenvalue weighted by atomic mass is 32.2. The quantitative estimate of drug-likeness (QED) is 0.577. The Morgan fingerprint density at radius 1 is 1.18 bits per heavy atom. The summed E-state index contributed by atoms with van der Waals surface area (Å²) >= 11 is 0. The SMILES string of the molecule is COc1ccc2ccn(-c3c(C(CS(N)(=O)=O)S(N)(=O)=O)c(C)nn3C)c2c1. The van der Waals surface area contributed by atoms with Crippen LogP contribution in [-0.4, -0.2) is 44.0 Å². The Morgan fingerprint density at radius 2 is 1.86 bits per heavy atom. The van der Waals surface area contributed by atoms with Crippen LogP contribution in [0, 0.1) is 6.92 Å². The minimum Gasteiger partial charge on any atom is -0.497 e. The molecule has 152 valence electrons. The summed E-state index contributed by atoms with van der Waals surface area (Å²) in [6, 6.07) is 7.28. The first-order chi connectivity index (χ1) is 12.9. The van der Waals surface area contributed by atoms with Crippen molar-refractivity contribution in [3.05, 3.63) is 41.7 Å². The summed E-state index contributed by atoms with van der Waals surface area (Å²) in [6.45, 7) is 1.59. The van der Waals surface area contributed by atoms with Gasteiger partial charge in [-0.3, -0.25) is 4.68 Å². The van der Waals surface area contributed by atoms with Gasteiger partial charge in [-0.15, -0.1) is 0 Å². The Kier molecular flexibility index (Phi) is 5.00. The number of benzene rings is 1. The molecule has 0 spiro atoms. The lowest BCUT2D eigenvalue weighted by Gasteiger charge is -2.17. The van der Waals surface area contributed by atoms with Crippen LogP contribution in [0.2, 0.25) is 0 Å². The summed E-state index contributed by atoms with van der Waals surface area (Å²) in [6.07, 6.45) is 1.74. The zero-order chi connectivity index (χ0) is 20.9. The summed E-state index contributed by atoms with van der Waals surface area (Å²) < 4.78 is 56.3. The maximum Gasteiger partial charge on any atom is 0.217 e. The Hall–Kier alpha value is -2.41. The van der Waals surface area contributed by atoms with Gasteiger partial charge in [0.25, 0.3) is 0 Å². The molecular formula is C16H21N5O5S2. The second kappa shape index (κ2) is 6.88. The van der Waals surface area contributed by atoms with Crippen molar-refractivity contribution < 1.29 is 21.6 Å². The molecule has 0 bridgehead atoms. The zero-order valence-electron chi connectivity index (χ0n) is 15.5. The highest BCUT2D eigenvalue weighted by Gasteiger charge is 2.35. The van der Waals surface area contributed by atoms with Gasteiger partial charge in [-0.2, -0.15) is 5.10 Å². The van der Waals surface area contributed by atoms with Crippen LogP contribution < -0.4 is 15.0 Å². The number of nitrogens with two attached hydrogens (primary N) is 2. The maximum absolute atomic E-state index is 12.2. The van der Waals surface area contributed by atoms with Gasteiger partial charge < -0.3 is 9.30 Å². The minimum atomic E-state index is -4.29. The predicted octanol–water partition coefficient (Wildman–Crippen LogP) is 0.299. The smallest absolute Gasteiger partial charge is 0.217 e. The normalized spacial score (nSPS) is 13.8. The van der Waals surface area contributed by atoms with Crippen molar-refractivity contribution in [2.45, 2.75) is 12.2 Å². The molecule has 28 heavy (non-hydrogen) atoms. The molecule has 0 aliphatic rings. The number of hydrogen-bond acceptors (Lipinski definition) is 6. The van der Waals surface area contributed by atoms with Crippen molar-refractivity contribution in [1.82, 2.24) is 14.3 Å². The zero-order valence-corrected chi connectivity index (χ0v) is 17.2. The van der Waals surface area contributed by atoms with Gasteiger partial charge in [-0.25, -0.2) is 27.1 Å². The van der Waals surface area contributed by atoms with Gasteiger partial charge >= 0.3 is 0 Å². The van der Waals surface area contributed by atoms with E-state index in [0.717, 1.165) is 10.9 Å². The Bertz CT molecular complexity index is 1260. The number of sulfonamides is 2. The number of ether oxygens (including phenoxy) is 1. The first-order valence-electron chi connectivity index (χ1n) is 8.13. The second-order valence-electron chi connectivity index (χ2n) is 6.46. The monoisotopic (exact) mass is 427 g/mol. The second-order valence-corrected chi connectivity index (χ2v) is 9.87. The molecule has 0 fully saturated rings. The molecule has 1 atom stereocenters. The van der Waals surface area contributed by atoms with Gasteiger partial charge in [-0.1, -0.05) is 0 Å². The van der Waals surface area contributed by atoms with Crippen LogP contribution in [0.25, 0.3) is 16.7 Å². The average Bonchev–Trinajstić information content (AvgIpc) is 3.10. The topological polar surface area (TPSA) is 152 Å². The Balaban J connectivity index is 2.33. The van der Waals surface area contributed by atoms with E-state index < -0.39 is 31.0 Å². The molecule has 0 aliphatic carbocycles. The molecule has 0 saturated heterocycles. The fourth-order valence-electron chi connectivity index (χ4n) is 3.30. The number of hydrogen-bond donors (Lipinski definition) is 2. The number of methoxy groups -OCH3 is 1. The van der Waals surface area contributed by atoms with Crippen LogP contribution in [0.4, 0.5) is 0 Å². The molecule has 3 aromatic rings. The van der Waals surface area contributed by atoms with Crippen LogP contribution in [0.3, 0.4) is 0 Å². The lowest BCUT2D eigenvalue weighted by Crippen LogP contribution is -2.32. The molecule has 3 rings (SSSR count). The van der Waals surface area contributed by atoms with E-state index in [9.17, 15) is 16.8 Å². The maximum atomic E-state index is 12.2. The van der Waals surface area contributed by atoms with Gasteiger partial charge in [0.05, 0.1) is 24.1 Å². The molecule has 0 aliphatic heterocycles. The van der Waals surface area contributed by atoms with Gasteiger partial charge in [-0.05, 0) is 25.1 Å². The van der Waals surface area contributed by atoms with Gasteiger partial charge in [0.1, 0.15) is 16.8 Å². The van der Waals surface area contributed by atoms with E-state index in [0.29, 0.717) is 17.3 Å². The van der Waals surface area contributed by atoms with E-state index >= 15 is 0 Å². The summed E-state index contributed by atoms with van der Waals surface area (Å²) in [5.41, 5.74) is 1.25. The molecule has 10 nitrogen and oxygen atoms in total. The minimum absolute atomic E-state index is 0.180. The van der Waals surface area contributed by atoms with Crippen LogP contribution >= 0.6 is 0 Å². The van der Waals surface area contributed by atoms with Crippen molar-refractivity contribution in [2.75, 3.05) is 12.9 Å². The summed E-state index contributed by atoms with van der Waals surface area (Å²) in [7, 11) is -5.24. The molecular weight excluding hydrogens is 406 g/mol. The van der Waals surface area contributed by atoms with Crippen LogP contribution in [0.5, 0.6) is 5.75 Å². The van der Waals surface area contributed by atoms with Crippen LogP contribution in [-0.2, 0) is 27.1 Å². The molecule has 1 unspecified atom stereocenters. The molecule has 12 heteroatoms. The molecule has 0 amide bonds. The van der Waals surface area contributed by atoms with Crippen molar-refractivity contribution in [1.29, 1.82) is 0 Å². The van der Waals surface area contributed by atoms with Crippen molar-refractivity contribution in [2.24, 2.45) is 17.3 Å².